The summed E-state index contributed by atoms with van der Waals surface area (Å²) in [6, 6.07) is 12.2. The highest BCUT2D eigenvalue weighted by Gasteiger charge is 2.48. The number of benzene rings is 2. The Labute approximate surface area is 248 Å². The molecule has 1 aliphatic heterocycles. The van der Waals surface area contributed by atoms with E-state index in [1.54, 1.807) is 22.8 Å². The lowest BCUT2D eigenvalue weighted by Crippen LogP contribution is -2.46. The number of allylic oxidation sites excluding steroid dienone is 2. The maximum Gasteiger partial charge on any atom is 0.419 e. The molecule has 1 atom stereocenters. The van der Waals surface area contributed by atoms with Crippen molar-refractivity contribution in [1.29, 1.82) is 0 Å². The van der Waals surface area contributed by atoms with Crippen LogP contribution in [0, 0.1) is 12.3 Å². The van der Waals surface area contributed by atoms with Crippen LogP contribution in [0.5, 0.6) is 5.75 Å². The Bertz CT molecular complexity index is 1560. The zero-order chi connectivity index (χ0) is 29.8. The second-order valence-electron chi connectivity index (χ2n) is 13.4. The van der Waals surface area contributed by atoms with Crippen molar-refractivity contribution in [2.75, 3.05) is 20.8 Å². The third kappa shape index (κ3) is 5.35. The molecule has 2 saturated carbocycles. The SMILES string of the molecule is COC(=O)c1ccc([C@@H]2CC3(CCN2Cc2c(OC)cc(C)c4c2ccn4C(=O)OC(C)(C)C)CC(=C2CC2)C3)cc1. The molecule has 3 fully saturated rings. The first-order valence-electron chi connectivity index (χ1n) is 15.0. The fourth-order valence-corrected chi connectivity index (χ4v) is 7.07. The van der Waals surface area contributed by atoms with E-state index in [4.69, 9.17) is 14.2 Å². The Morgan fingerprint density at radius 3 is 2.36 bits per heavy atom. The molecule has 0 bridgehead atoms. The predicted octanol–water partition coefficient (Wildman–Crippen LogP) is 7.74. The minimum Gasteiger partial charge on any atom is -0.496 e. The van der Waals surface area contributed by atoms with Crippen LogP contribution < -0.4 is 4.74 Å². The van der Waals surface area contributed by atoms with Gasteiger partial charge in [-0.3, -0.25) is 9.47 Å². The number of aromatic nitrogens is 1. The Morgan fingerprint density at radius 2 is 1.74 bits per heavy atom. The molecule has 7 heteroatoms. The van der Waals surface area contributed by atoms with Crippen molar-refractivity contribution in [2.24, 2.45) is 5.41 Å². The van der Waals surface area contributed by atoms with Crippen molar-refractivity contribution in [3.05, 3.63) is 76.0 Å². The lowest BCUT2D eigenvalue weighted by atomic mass is 9.58. The van der Waals surface area contributed by atoms with Gasteiger partial charge in [0, 0.05) is 29.7 Å². The Kier molecular flexibility index (Phi) is 7.20. The number of carbonyl (C=O) groups is 2. The van der Waals surface area contributed by atoms with Crippen LogP contribution in [0.2, 0.25) is 0 Å². The number of hydrogen-bond acceptors (Lipinski definition) is 6. The van der Waals surface area contributed by atoms with Crippen LogP contribution in [-0.4, -0.2) is 47.9 Å². The van der Waals surface area contributed by atoms with Crippen molar-refractivity contribution < 1.29 is 23.8 Å². The monoisotopic (exact) mass is 570 g/mol. The molecule has 0 N–H and O–H groups in total. The molecule has 3 aliphatic rings. The van der Waals surface area contributed by atoms with Crippen LogP contribution in [-0.2, 0) is 16.0 Å². The molecular weight excluding hydrogens is 528 g/mol. The molecule has 0 radical (unpaired) electrons. The van der Waals surface area contributed by atoms with Gasteiger partial charge in [-0.1, -0.05) is 23.3 Å². The topological polar surface area (TPSA) is 70.0 Å². The highest BCUT2D eigenvalue weighted by Crippen LogP contribution is 2.59. The van der Waals surface area contributed by atoms with Gasteiger partial charge in [-0.2, -0.15) is 0 Å². The van der Waals surface area contributed by atoms with Crippen LogP contribution in [0.15, 0.2) is 53.7 Å². The maximum absolute atomic E-state index is 13.1. The zero-order valence-corrected chi connectivity index (χ0v) is 25.7. The van der Waals surface area contributed by atoms with Crippen molar-refractivity contribution in [3.8, 4) is 5.75 Å². The van der Waals surface area contributed by atoms with E-state index in [0.29, 0.717) is 17.5 Å². The molecular formula is C35H42N2O5. The third-order valence-electron chi connectivity index (χ3n) is 9.29. The quantitative estimate of drug-likeness (QED) is 0.231. The van der Waals surface area contributed by atoms with Gasteiger partial charge in [0.1, 0.15) is 11.4 Å². The van der Waals surface area contributed by atoms with Crippen LogP contribution in [0.1, 0.15) is 92.4 Å². The highest BCUT2D eigenvalue weighted by atomic mass is 16.6. The van der Waals surface area contributed by atoms with Crippen LogP contribution in [0.4, 0.5) is 4.79 Å². The standard InChI is InChI=1S/C35H42N2O5/c1-22-17-30(40-5)28(27-13-15-37(31(22)27)33(39)42-34(2,3)4)21-36-16-14-35(18-26(19-35)23-7-8-23)20-29(36)24-9-11-25(12-10-24)32(38)41-6/h9-13,15,17,29H,7-8,14,16,18-21H2,1-6H3/t29-/m0/s1. The molecule has 2 heterocycles. The minimum atomic E-state index is -0.589. The van der Waals surface area contributed by atoms with E-state index < -0.39 is 5.60 Å². The van der Waals surface area contributed by atoms with Gasteiger partial charge in [0.25, 0.3) is 0 Å². The summed E-state index contributed by atoms with van der Waals surface area (Å²) in [5, 5.41) is 1.00. The number of likely N-dealkylation sites (tertiary alicyclic amines) is 1. The number of ether oxygens (including phenoxy) is 3. The summed E-state index contributed by atoms with van der Waals surface area (Å²) in [6.45, 7) is 9.30. The summed E-state index contributed by atoms with van der Waals surface area (Å²) in [5.74, 6) is 0.505. The van der Waals surface area contributed by atoms with Gasteiger partial charge in [0.05, 0.1) is 25.3 Å². The number of aryl methyl sites for hydroxylation is 1. The van der Waals surface area contributed by atoms with Crippen LogP contribution in [0.25, 0.3) is 10.9 Å². The summed E-state index contributed by atoms with van der Waals surface area (Å²) >= 11 is 0. The van der Waals surface area contributed by atoms with Gasteiger partial charge in [-0.15, -0.1) is 0 Å². The molecule has 3 aromatic rings. The fourth-order valence-electron chi connectivity index (χ4n) is 7.07. The van der Waals surface area contributed by atoms with Crippen molar-refractivity contribution >= 4 is 23.0 Å². The minimum absolute atomic E-state index is 0.199. The smallest absolute Gasteiger partial charge is 0.419 e. The number of esters is 1. The maximum atomic E-state index is 13.1. The Balaban J connectivity index is 1.35. The molecule has 1 saturated heterocycles. The molecule has 0 unspecified atom stereocenters. The highest BCUT2D eigenvalue weighted by molar-refractivity contribution is 5.95. The van der Waals surface area contributed by atoms with Crippen molar-refractivity contribution in [1.82, 2.24) is 9.47 Å². The number of piperidine rings is 1. The average Bonchev–Trinajstić information content (AvgIpc) is 3.68. The second-order valence-corrected chi connectivity index (χ2v) is 13.4. The van der Waals surface area contributed by atoms with E-state index in [9.17, 15) is 9.59 Å². The lowest BCUT2D eigenvalue weighted by Gasteiger charge is -2.53. The normalized spacial score (nSPS) is 22.3. The summed E-state index contributed by atoms with van der Waals surface area (Å²) in [6.07, 6.45) is 8.71. The summed E-state index contributed by atoms with van der Waals surface area (Å²) < 4.78 is 18.2. The molecule has 0 amide bonds. The van der Waals surface area contributed by atoms with Gasteiger partial charge >= 0.3 is 12.1 Å². The molecule has 42 heavy (non-hydrogen) atoms. The first-order chi connectivity index (χ1) is 20.0. The summed E-state index contributed by atoms with van der Waals surface area (Å²) in [4.78, 5) is 27.8. The second kappa shape index (κ2) is 10.6. The van der Waals surface area contributed by atoms with E-state index in [1.165, 1.54) is 38.4 Å². The van der Waals surface area contributed by atoms with E-state index in [-0.39, 0.29) is 18.1 Å². The zero-order valence-electron chi connectivity index (χ0n) is 25.7. The predicted molar refractivity (Wildman–Crippen MR) is 163 cm³/mol. The Morgan fingerprint density at radius 1 is 1.02 bits per heavy atom. The lowest BCUT2D eigenvalue weighted by molar-refractivity contribution is 0.0168. The number of carbonyl (C=O) groups excluding carboxylic acids is 2. The number of methoxy groups -OCH3 is 2. The Hall–Kier alpha value is -3.58. The van der Waals surface area contributed by atoms with Crippen LogP contribution >= 0.6 is 0 Å². The van der Waals surface area contributed by atoms with E-state index in [0.717, 1.165) is 47.2 Å². The van der Waals surface area contributed by atoms with E-state index >= 15 is 0 Å². The van der Waals surface area contributed by atoms with Gasteiger partial charge in [-0.05, 0) is 114 Å². The number of nitrogens with zero attached hydrogens (tertiary/aromatic N) is 2. The molecule has 222 valence electrons. The molecule has 2 aromatic carbocycles. The van der Waals surface area contributed by atoms with E-state index in [1.807, 2.05) is 58.2 Å². The number of rotatable bonds is 5. The van der Waals surface area contributed by atoms with Gasteiger partial charge < -0.3 is 14.2 Å². The van der Waals surface area contributed by atoms with Crippen LogP contribution in [0.3, 0.4) is 0 Å². The van der Waals surface area contributed by atoms with Crippen molar-refractivity contribution in [2.45, 2.75) is 84.4 Å². The summed E-state index contributed by atoms with van der Waals surface area (Å²) in [7, 11) is 3.13. The molecule has 2 aliphatic carbocycles. The third-order valence-corrected chi connectivity index (χ3v) is 9.29. The van der Waals surface area contributed by atoms with Gasteiger partial charge in [0.15, 0.2) is 0 Å². The number of hydrogen-bond donors (Lipinski definition) is 0. The van der Waals surface area contributed by atoms with E-state index in [2.05, 4.69) is 17.0 Å². The molecule has 6 rings (SSSR count). The molecule has 1 aromatic heterocycles. The van der Waals surface area contributed by atoms with Gasteiger partial charge in [0.2, 0.25) is 0 Å². The first-order valence-corrected chi connectivity index (χ1v) is 15.0. The average molecular weight is 571 g/mol. The first kappa shape index (κ1) is 28.5. The van der Waals surface area contributed by atoms with Crippen molar-refractivity contribution in [3.63, 3.8) is 0 Å². The molecule has 7 nitrogen and oxygen atoms in total. The fraction of sp³-hybridized carbons (Fsp3) is 0.486. The summed E-state index contributed by atoms with van der Waals surface area (Å²) in [5.41, 5.74) is 7.82. The largest absolute Gasteiger partial charge is 0.496 e. The number of fused-ring (bicyclic) bond motifs is 1. The van der Waals surface area contributed by atoms with Gasteiger partial charge in [-0.25, -0.2) is 9.59 Å². The molecule has 1 spiro atoms.